The Bertz CT molecular complexity index is 912. The lowest BCUT2D eigenvalue weighted by Gasteiger charge is -2.08. The lowest BCUT2D eigenvalue weighted by Crippen LogP contribution is -2.06. The molecule has 1 aromatic heterocycles. The van der Waals surface area contributed by atoms with Gasteiger partial charge in [-0.3, -0.25) is 4.98 Å². The number of pyridine rings is 1. The van der Waals surface area contributed by atoms with Crippen molar-refractivity contribution in [1.29, 1.82) is 0 Å². The Morgan fingerprint density at radius 3 is 2.10 bits per heavy atom. The summed E-state index contributed by atoms with van der Waals surface area (Å²) in [6, 6.07) is 19.7. The van der Waals surface area contributed by atoms with Gasteiger partial charge in [-0.1, -0.05) is 35.9 Å². The molecule has 0 bridgehead atoms. The molecular weight excluding hydrogens is 410 g/mol. The van der Waals surface area contributed by atoms with Crippen molar-refractivity contribution in [2.45, 2.75) is 38.5 Å². The lowest BCUT2D eigenvalue weighted by molar-refractivity contribution is 0.0498. The molecule has 0 aliphatic carbocycles. The van der Waals surface area contributed by atoms with E-state index in [1.54, 1.807) is 18.3 Å². The summed E-state index contributed by atoms with van der Waals surface area (Å²) < 4.78 is 11.1. The van der Waals surface area contributed by atoms with Crippen molar-refractivity contribution in [3.63, 3.8) is 0 Å². The van der Waals surface area contributed by atoms with Crippen LogP contribution in [0.5, 0.6) is 5.75 Å². The number of hydrogen-bond donors (Lipinski definition) is 0. The molecule has 0 fully saturated rings. The van der Waals surface area contributed by atoms with Gasteiger partial charge in [0.25, 0.3) is 0 Å². The molecule has 3 aromatic rings. The van der Waals surface area contributed by atoms with E-state index < -0.39 is 0 Å². The Morgan fingerprint density at radius 1 is 0.806 bits per heavy atom. The maximum Gasteiger partial charge on any atom is 0.339 e. The number of nitrogens with zero attached hydrogens (tertiary/aromatic N) is 1. The summed E-state index contributed by atoms with van der Waals surface area (Å²) in [6.45, 7) is 1.14. The number of benzene rings is 2. The first-order chi connectivity index (χ1) is 15.2. The van der Waals surface area contributed by atoms with Crippen LogP contribution >= 0.6 is 11.6 Å². The van der Waals surface area contributed by atoms with Crippen LogP contribution in [0.25, 0.3) is 0 Å². The van der Waals surface area contributed by atoms with Gasteiger partial charge in [-0.2, -0.15) is 0 Å². The molecule has 0 radical (unpaired) electrons. The van der Waals surface area contributed by atoms with E-state index in [4.69, 9.17) is 21.1 Å². The minimum Gasteiger partial charge on any atom is -0.494 e. The van der Waals surface area contributed by atoms with E-state index in [0.29, 0.717) is 12.2 Å². The highest BCUT2D eigenvalue weighted by Gasteiger charge is 2.06. The predicted octanol–water partition coefficient (Wildman–Crippen LogP) is 6.32. The number of aryl methyl sites for hydroxylation is 2. The zero-order valence-corrected chi connectivity index (χ0v) is 18.4. The van der Waals surface area contributed by atoms with E-state index in [-0.39, 0.29) is 5.97 Å². The van der Waals surface area contributed by atoms with E-state index in [2.05, 4.69) is 29.2 Å². The van der Waals surface area contributed by atoms with Crippen molar-refractivity contribution >= 4 is 17.6 Å². The molecule has 0 atom stereocenters. The van der Waals surface area contributed by atoms with Gasteiger partial charge in [-0.25, -0.2) is 4.79 Å². The van der Waals surface area contributed by atoms with Gasteiger partial charge in [0.1, 0.15) is 5.75 Å². The van der Waals surface area contributed by atoms with Crippen molar-refractivity contribution in [2.75, 3.05) is 13.2 Å². The predicted molar refractivity (Wildman–Crippen MR) is 124 cm³/mol. The zero-order chi connectivity index (χ0) is 21.7. The quantitative estimate of drug-likeness (QED) is 0.246. The fraction of sp³-hybridized carbons (Fsp3) is 0.308. The van der Waals surface area contributed by atoms with E-state index in [1.165, 1.54) is 17.3 Å². The van der Waals surface area contributed by atoms with Gasteiger partial charge in [0.05, 0.1) is 18.8 Å². The van der Waals surface area contributed by atoms with E-state index in [1.807, 2.05) is 24.3 Å². The first-order valence-electron chi connectivity index (χ1n) is 10.7. The van der Waals surface area contributed by atoms with Crippen LogP contribution in [0, 0.1) is 0 Å². The monoisotopic (exact) mass is 437 g/mol. The Balaban J connectivity index is 1.25. The van der Waals surface area contributed by atoms with Crippen molar-refractivity contribution in [3.05, 3.63) is 94.8 Å². The van der Waals surface area contributed by atoms with E-state index in [9.17, 15) is 4.79 Å². The molecule has 0 aliphatic heterocycles. The zero-order valence-electron chi connectivity index (χ0n) is 17.6. The molecule has 1 heterocycles. The molecule has 4 nitrogen and oxygen atoms in total. The fourth-order valence-corrected chi connectivity index (χ4v) is 3.31. The highest BCUT2D eigenvalue weighted by atomic mass is 35.5. The maximum atomic E-state index is 11.8. The van der Waals surface area contributed by atoms with Crippen LogP contribution in [0.4, 0.5) is 0 Å². The molecule has 31 heavy (non-hydrogen) atoms. The molecule has 3 rings (SSSR count). The molecule has 0 unspecified atom stereocenters. The lowest BCUT2D eigenvalue weighted by atomic mass is 10.1. The maximum absolute atomic E-state index is 11.8. The first kappa shape index (κ1) is 22.8. The number of rotatable bonds is 12. The summed E-state index contributed by atoms with van der Waals surface area (Å²) in [6.07, 6.45) is 9.04. The van der Waals surface area contributed by atoms with Gasteiger partial charge in [0.2, 0.25) is 0 Å². The molecule has 0 amide bonds. The van der Waals surface area contributed by atoms with Crippen LogP contribution < -0.4 is 4.74 Å². The molecule has 162 valence electrons. The number of aromatic nitrogens is 1. The van der Waals surface area contributed by atoms with E-state index in [0.717, 1.165) is 55.9 Å². The molecule has 0 saturated heterocycles. The second kappa shape index (κ2) is 12.8. The van der Waals surface area contributed by atoms with Crippen molar-refractivity contribution in [2.24, 2.45) is 0 Å². The Kier molecular flexibility index (Phi) is 9.39. The van der Waals surface area contributed by atoms with Crippen LogP contribution in [-0.2, 0) is 17.6 Å². The normalized spacial score (nSPS) is 10.6. The van der Waals surface area contributed by atoms with Crippen molar-refractivity contribution in [1.82, 2.24) is 4.98 Å². The number of ether oxygens (including phenoxy) is 2. The van der Waals surface area contributed by atoms with Crippen LogP contribution in [0.1, 0.15) is 47.2 Å². The average molecular weight is 438 g/mol. The Labute approximate surface area is 189 Å². The summed E-state index contributed by atoms with van der Waals surface area (Å²) in [5.41, 5.74) is 3.05. The third kappa shape index (κ3) is 8.42. The number of halogens is 1. The first-order valence-corrected chi connectivity index (χ1v) is 11.1. The second-order valence-electron chi connectivity index (χ2n) is 7.41. The molecular formula is C26H28ClNO3. The summed E-state index contributed by atoms with van der Waals surface area (Å²) in [5, 5.41) is 0.778. The second-order valence-corrected chi connectivity index (χ2v) is 7.85. The largest absolute Gasteiger partial charge is 0.494 e. The van der Waals surface area contributed by atoms with Crippen LogP contribution in [0.15, 0.2) is 73.1 Å². The van der Waals surface area contributed by atoms with Crippen molar-refractivity contribution in [3.8, 4) is 5.75 Å². The molecule has 2 aromatic carbocycles. The van der Waals surface area contributed by atoms with Crippen LogP contribution in [-0.4, -0.2) is 24.2 Å². The molecule has 0 spiro atoms. The topological polar surface area (TPSA) is 48.4 Å². The number of esters is 1. The van der Waals surface area contributed by atoms with Gasteiger partial charge in [-0.15, -0.1) is 0 Å². The standard InChI is InChI=1S/C26H28ClNO3/c27-24-13-9-21(10-14-24)6-1-3-18-30-25-15-11-22(12-16-25)7-2-4-19-31-26(29)23-8-5-17-28-20-23/h5,8-17,20H,1-4,6-7,18-19H2. The smallest absolute Gasteiger partial charge is 0.339 e. The SMILES string of the molecule is O=C(OCCCCc1ccc(OCCCCc2ccc(Cl)cc2)cc1)c1cccnc1. The third-order valence-corrected chi connectivity index (χ3v) is 5.21. The molecule has 0 aliphatic rings. The third-order valence-electron chi connectivity index (χ3n) is 4.96. The summed E-state index contributed by atoms with van der Waals surface area (Å²) in [7, 11) is 0. The van der Waals surface area contributed by atoms with Gasteiger partial charge < -0.3 is 9.47 Å². The van der Waals surface area contributed by atoms with Crippen LogP contribution in [0.3, 0.4) is 0 Å². The highest BCUT2D eigenvalue weighted by Crippen LogP contribution is 2.15. The Morgan fingerprint density at radius 2 is 1.45 bits per heavy atom. The summed E-state index contributed by atoms with van der Waals surface area (Å²) in [4.78, 5) is 15.8. The summed E-state index contributed by atoms with van der Waals surface area (Å²) in [5.74, 6) is 0.586. The molecule has 5 heteroatoms. The van der Waals surface area contributed by atoms with Gasteiger partial charge in [0.15, 0.2) is 0 Å². The minimum absolute atomic E-state index is 0.317. The fourth-order valence-electron chi connectivity index (χ4n) is 3.19. The van der Waals surface area contributed by atoms with Crippen molar-refractivity contribution < 1.29 is 14.3 Å². The summed E-state index contributed by atoms with van der Waals surface area (Å²) >= 11 is 5.91. The van der Waals surface area contributed by atoms with E-state index >= 15 is 0 Å². The number of unbranched alkanes of at least 4 members (excludes halogenated alkanes) is 2. The minimum atomic E-state index is -0.317. The van der Waals surface area contributed by atoms with Gasteiger partial charge >= 0.3 is 5.97 Å². The molecule has 0 saturated carbocycles. The number of carbonyl (C=O) groups excluding carboxylic acids is 1. The van der Waals surface area contributed by atoms with Crippen LogP contribution in [0.2, 0.25) is 5.02 Å². The number of hydrogen-bond acceptors (Lipinski definition) is 4. The van der Waals surface area contributed by atoms with Gasteiger partial charge in [-0.05, 0) is 86.1 Å². The highest BCUT2D eigenvalue weighted by molar-refractivity contribution is 6.30. The van der Waals surface area contributed by atoms with Gasteiger partial charge in [0, 0.05) is 17.4 Å². The Hall–Kier alpha value is -2.85. The molecule has 0 N–H and O–H groups in total. The number of carbonyl (C=O) groups is 1. The average Bonchev–Trinajstić information content (AvgIpc) is 2.81.